The van der Waals surface area contributed by atoms with Crippen molar-refractivity contribution in [3.05, 3.63) is 0 Å². The number of nitrogens with one attached hydrogen (secondary N) is 2. The van der Waals surface area contributed by atoms with Crippen molar-refractivity contribution in [1.82, 2.24) is 19.9 Å². The minimum Gasteiger partial charge on any atom is -0.467 e. The summed E-state index contributed by atoms with van der Waals surface area (Å²) in [5, 5.41) is 6.55. The van der Waals surface area contributed by atoms with Crippen LogP contribution in [0.5, 0.6) is 6.01 Å². The van der Waals surface area contributed by atoms with Gasteiger partial charge in [-0.2, -0.15) is 15.0 Å². The van der Waals surface area contributed by atoms with E-state index in [2.05, 4.69) is 44.5 Å². The van der Waals surface area contributed by atoms with Gasteiger partial charge in [0, 0.05) is 12.6 Å². The molecule has 20 heavy (non-hydrogen) atoms. The Morgan fingerprint density at radius 1 is 1.20 bits per heavy atom. The molecule has 0 saturated carbocycles. The molecular formula is C13H24N6O. The monoisotopic (exact) mass is 280 g/mol. The van der Waals surface area contributed by atoms with E-state index in [1.165, 1.54) is 0 Å². The lowest BCUT2D eigenvalue weighted by molar-refractivity contribution is 0.263. The van der Waals surface area contributed by atoms with Crippen LogP contribution >= 0.6 is 0 Å². The van der Waals surface area contributed by atoms with Gasteiger partial charge < -0.3 is 20.3 Å². The number of piperidine rings is 1. The third-order valence-corrected chi connectivity index (χ3v) is 3.38. The van der Waals surface area contributed by atoms with Gasteiger partial charge in [0.25, 0.3) is 0 Å². The second-order valence-corrected chi connectivity index (χ2v) is 5.12. The summed E-state index contributed by atoms with van der Waals surface area (Å²) < 4.78 is 5.13. The van der Waals surface area contributed by atoms with Gasteiger partial charge >= 0.3 is 6.01 Å². The molecule has 0 radical (unpaired) electrons. The second kappa shape index (κ2) is 7.23. The van der Waals surface area contributed by atoms with E-state index < -0.39 is 0 Å². The Bertz CT molecular complexity index is 419. The number of aromatic nitrogens is 3. The summed E-state index contributed by atoms with van der Waals surface area (Å²) in [5.74, 6) is 1.15. The molecule has 7 heteroatoms. The van der Waals surface area contributed by atoms with Crippen LogP contribution in [0.2, 0.25) is 0 Å². The Labute approximate surface area is 120 Å². The van der Waals surface area contributed by atoms with Crippen LogP contribution in [0.4, 0.5) is 11.9 Å². The SMILES string of the molecule is CCCNc1nc(NC2CCN(C)CC2)nc(OC)n1. The lowest BCUT2D eigenvalue weighted by Gasteiger charge is -2.29. The van der Waals surface area contributed by atoms with Crippen molar-refractivity contribution >= 4 is 11.9 Å². The molecule has 1 aromatic heterocycles. The Balaban J connectivity index is 2.02. The van der Waals surface area contributed by atoms with Crippen molar-refractivity contribution in [1.29, 1.82) is 0 Å². The largest absolute Gasteiger partial charge is 0.467 e. The summed E-state index contributed by atoms with van der Waals surface area (Å²) in [6, 6.07) is 0.756. The van der Waals surface area contributed by atoms with Gasteiger partial charge in [0.05, 0.1) is 7.11 Å². The van der Waals surface area contributed by atoms with Crippen LogP contribution in [0.3, 0.4) is 0 Å². The van der Waals surface area contributed by atoms with Gasteiger partial charge in [0.1, 0.15) is 0 Å². The third-order valence-electron chi connectivity index (χ3n) is 3.38. The number of anilines is 2. The maximum Gasteiger partial charge on any atom is 0.322 e. The lowest BCUT2D eigenvalue weighted by atomic mass is 10.1. The number of hydrogen-bond donors (Lipinski definition) is 2. The summed E-state index contributed by atoms with van der Waals surface area (Å²) in [6.07, 6.45) is 3.22. The van der Waals surface area contributed by atoms with Gasteiger partial charge in [-0.25, -0.2) is 0 Å². The quantitative estimate of drug-likeness (QED) is 0.811. The number of ether oxygens (including phenoxy) is 1. The van der Waals surface area contributed by atoms with Gasteiger partial charge in [-0.1, -0.05) is 6.92 Å². The predicted molar refractivity (Wildman–Crippen MR) is 79.3 cm³/mol. The number of rotatable bonds is 6. The van der Waals surface area contributed by atoms with Crippen LogP contribution in [-0.2, 0) is 0 Å². The van der Waals surface area contributed by atoms with Crippen LogP contribution < -0.4 is 15.4 Å². The van der Waals surface area contributed by atoms with E-state index >= 15 is 0 Å². The normalized spacial score (nSPS) is 16.9. The average Bonchev–Trinajstić information content (AvgIpc) is 2.47. The van der Waals surface area contributed by atoms with Crippen LogP contribution in [0.25, 0.3) is 0 Å². The Hall–Kier alpha value is -1.63. The lowest BCUT2D eigenvalue weighted by Crippen LogP contribution is -2.37. The minimum absolute atomic E-state index is 0.342. The van der Waals surface area contributed by atoms with Crippen molar-refractivity contribution in [2.75, 3.05) is 44.4 Å². The fourth-order valence-electron chi connectivity index (χ4n) is 2.16. The molecular weight excluding hydrogens is 256 g/mol. The van der Waals surface area contributed by atoms with Crippen molar-refractivity contribution in [2.45, 2.75) is 32.2 Å². The summed E-state index contributed by atoms with van der Waals surface area (Å²) in [4.78, 5) is 15.2. The summed E-state index contributed by atoms with van der Waals surface area (Å²) in [5.41, 5.74) is 0. The molecule has 1 fully saturated rings. The first-order valence-corrected chi connectivity index (χ1v) is 7.20. The van der Waals surface area contributed by atoms with Crippen LogP contribution in [0.1, 0.15) is 26.2 Å². The van der Waals surface area contributed by atoms with Crippen molar-refractivity contribution in [2.24, 2.45) is 0 Å². The zero-order chi connectivity index (χ0) is 14.4. The predicted octanol–water partition coefficient (Wildman–Crippen LogP) is 1.21. The van der Waals surface area contributed by atoms with E-state index in [4.69, 9.17) is 4.74 Å². The molecule has 0 aromatic carbocycles. The van der Waals surface area contributed by atoms with Gasteiger partial charge in [-0.05, 0) is 39.4 Å². The van der Waals surface area contributed by atoms with Crippen molar-refractivity contribution in [3.8, 4) is 6.01 Å². The highest BCUT2D eigenvalue weighted by Gasteiger charge is 2.18. The molecule has 0 unspecified atom stereocenters. The highest BCUT2D eigenvalue weighted by atomic mass is 16.5. The van der Waals surface area contributed by atoms with Gasteiger partial charge in [-0.3, -0.25) is 0 Å². The molecule has 2 N–H and O–H groups in total. The molecule has 1 aliphatic heterocycles. The summed E-state index contributed by atoms with van der Waals surface area (Å²) >= 11 is 0. The molecule has 2 rings (SSSR count). The van der Waals surface area contributed by atoms with Crippen molar-refractivity contribution < 1.29 is 4.74 Å². The van der Waals surface area contributed by atoms with Crippen LogP contribution in [-0.4, -0.2) is 59.7 Å². The van der Waals surface area contributed by atoms with E-state index in [-0.39, 0.29) is 0 Å². The summed E-state index contributed by atoms with van der Waals surface area (Å²) in [6.45, 7) is 5.13. The fourth-order valence-corrected chi connectivity index (χ4v) is 2.16. The number of hydrogen-bond acceptors (Lipinski definition) is 7. The fraction of sp³-hybridized carbons (Fsp3) is 0.769. The molecule has 0 amide bonds. The minimum atomic E-state index is 0.342. The summed E-state index contributed by atoms with van der Waals surface area (Å²) in [7, 11) is 3.72. The Morgan fingerprint density at radius 3 is 2.55 bits per heavy atom. The molecule has 1 aliphatic rings. The maximum atomic E-state index is 5.13. The Kier molecular flexibility index (Phi) is 5.34. The molecule has 1 saturated heterocycles. The molecule has 0 aliphatic carbocycles. The molecule has 112 valence electrons. The number of nitrogens with zero attached hydrogens (tertiary/aromatic N) is 4. The highest BCUT2D eigenvalue weighted by molar-refractivity contribution is 5.36. The second-order valence-electron chi connectivity index (χ2n) is 5.12. The average molecular weight is 280 g/mol. The van der Waals surface area contributed by atoms with E-state index in [0.717, 1.165) is 38.9 Å². The first-order valence-electron chi connectivity index (χ1n) is 7.20. The zero-order valence-electron chi connectivity index (χ0n) is 12.5. The zero-order valence-corrected chi connectivity index (χ0v) is 12.5. The van der Waals surface area contributed by atoms with E-state index in [0.29, 0.717) is 23.9 Å². The van der Waals surface area contributed by atoms with E-state index in [9.17, 15) is 0 Å². The van der Waals surface area contributed by atoms with Crippen molar-refractivity contribution in [3.63, 3.8) is 0 Å². The Morgan fingerprint density at radius 2 is 1.90 bits per heavy atom. The van der Waals surface area contributed by atoms with Crippen LogP contribution in [0.15, 0.2) is 0 Å². The van der Waals surface area contributed by atoms with Gasteiger partial charge in [0.2, 0.25) is 11.9 Å². The maximum absolute atomic E-state index is 5.13. The first-order chi connectivity index (χ1) is 9.71. The number of methoxy groups -OCH3 is 1. The molecule has 1 aromatic rings. The topological polar surface area (TPSA) is 75.2 Å². The van der Waals surface area contributed by atoms with E-state index in [1.54, 1.807) is 7.11 Å². The molecule has 7 nitrogen and oxygen atoms in total. The molecule has 0 bridgehead atoms. The van der Waals surface area contributed by atoms with Crippen LogP contribution in [0, 0.1) is 0 Å². The molecule has 0 atom stereocenters. The first kappa shape index (κ1) is 14.8. The molecule has 0 spiro atoms. The molecule has 2 heterocycles. The van der Waals surface area contributed by atoms with Gasteiger partial charge in [0.15, 0.2) is 0 Å². The highest BCUT2D eigenvalue weighted by Crippen LogP contribution is 2.16. The third kappa shape index (κ3) is 4.19. The number of likely N-dealkylation sites (tertiary alicyclic amines) is 1. The van der Waals surface area contributed by atoms with E-state index in [1.807, 2.05) is 0 Å². The van der Waals surface area contributed by atoms with Gasteiger partial charge in [-0.15, -0.1) is 0 Å². The smallest absolute Gasteiger partial charge is 0.322 e. The standard InChI is InChI=1S/C13H24N6O/c1-4-7-14-11-16-12(18-13(17-11)20-3)15-10-5-8-19(2)9-6-10/h10H,4-9H2,1-3H3,(H2,14,15,16,17,18).